The van der Waals surface area contributed by atoms with E-state index in [0.717, 1.165) is 31.3 Å². The molecule has 4 nitrogen and oxygen atoms in total. The highest BCUT2D eigenvalue weighted by Crippen LogP contribution is 2.68. The van der Waals surface area contributed by atoms with Gasteiger partial charge in [-0.25, -0.2) is 4.39 Å². The molecule has 0 aliphatic heterocycles. The summed E-state index contributed by atoms with van der Waals surface area (Å²) >= 11 is 0. The van der Waals surface area contributed by atoms with E-state index in [-0.39, 0.29) is 34.7 Å². The van der Waals surface area contributed by atoms with Crippen LogP contribution >= 0.6 is 0 Å². The van der Waals surface area contributed by atoms with Crippen LogP contribution in [0.3, 0.4) is 0 Å². The summed E-state index contributed by atoms with van der Waals surface area (Å²) < 4.78 is 25.9. The molecule has 0 aromatic rings. The first-order valence-corrected chi connectivity index (χ1v) is 12.7. The molecule has 0 spiro atoms. The number of methoxy groups -OCH3 is 1. The zero-order chi connectivity index (χ0) is 23.3. The predicted octanol–water partition coefficient (Wildman–Crippen LogP) is 6.38. The van der Waals surface area contributed by atoms with Gasteiger partial charge in [-0.15, -0.1) is 0 Å². The first-order valence-electron chi connectivity index (χ1n) is 12.7. The largest absolute Gasteiger partial charge is 0.469 e. The lowest BCUT2D eigenvalue weighted by atomic mass is 9.46. The van der Waals surface area contributed by atoms with Crippen LogP contribution in [0.4, 0.5) is 4.39 Å². The van der Waals surface area contributed by atoms with Gasteiger partial charge in [-0.05, 0) is 90.9 Å². The summed E-state index contributed by atoms with van der Waals surface area (Å²) in [5.74, 6) is 2.26. The first-order chi connectivity index (χ1) is 15.1. The molecule has 4 aliphatic rings. The summed E-state index contributed by atoms with van der Waals surface area (Å²) in [7, 11) is 1.46. The molecule has 0 saturated heterocycles. The van der Waals surface area contributed by atoms with Gasteiger partial charge in [0, 0.05) is 26.2 Å². The molecular formula is C27H41FO4. The van der Waals surface area contributed by atoms with Crippen molar-refractivity contribution >= 4 is 11.9 Å². The number of carbonyl (C=O) groups is 2. The SMILES string of the molecule is COC(=O)CCC(C)C1CCC2C3CC(F)=C4CC(OC(C)=O)CCC4(C)C3CCC12C. The molecule has 8 atom stereocenters. The molecule has 0 heterocycles. The van der Waals surface area contributed by atoms with E-state index in [1.54, 1.807) is 0 Å². The van der Waals surface area contributed by atoms with Gasteiger partial charge in [0.25, 0.3) is 0 Å². The van der Waals surface area contributed by atoms with E-state index in [2.05, 4.69) is 20.8 Å². The maximum Gasteiger partial charge on any atom is 0.305 e. The van der Waals surface area contributed by atoms with E-state index in [0.29, 0.717) is 48.9 Å². The number of allylic oxidation sites excluding steroid dienone is 1. The summed E-state index contributed by atoms with van der Waals surface area (Å²) in [6, 6.07) is 0. The van der Waals surface area contributed by atoms with Gasteiger partial charge in [0.2, 0.25) is 0 Å². The lowest BCUT2D eigenvalue weighted by Gasteiger charge is -2.58. The molecule has 4 rings (SSSR count). The maximum atomic E-state index is 15.6. The molecule has 3 fully saturated rings. The van der Waals surface area contributed by atoms with Crippen LogP contribution in [0.2, 0.25) is 0 Å². The van der Waals surface area contributed by atoms with Crippen molar-refractivity contribution in [3.8, 4) is 0 Å². The van der Waals surface area contributed by atoms with Gasteiger partial charge in [0.05, 0.1) is 7.11 Å². The van der Waals surface area contributed by atoms with Gasteiger partial charge in [0.1, 0.15) is 11.9 Å². The molecular weight excluding hydrogens is 407 g/mol. The molecule has 0 radical (unpaired) electrons. The van der Waals surface area contributed by atoms with Crippen LogP contribution in [0.15, 0.2) is 11.4 Å². The smallest absolute Gasteiger partial charge is 0.305 e. The van der Waals surface area contributed by atoms with Gasteiger partial charge in [0.15, 0.2) is 0 Å². The molecule has 0 bridgehead atoms. The van der Waals surface area contributed by atoms with Gasteiger partial charge in [-0.2, -0.15) is 0 Å². The van der Waals surface area contributed by atoms with E-state index in [1.807, 2.05) is 0 Å². The van der Waals surface area contributed by atoms with Crippen molar-refractivity contribution in [3.05, 3.63) is 11.4 Å². The van der Waals surface area contributed by atoms with Gasteiger partial charge in [-0.3, -0.25) is 9.59 Å². The molecule has 0 aromatic carbocycles. The normalized spacial score (nSPS) is 41.9. The predicted molar refractivity (Wildman–Crippen MR) is 121 cm³/mol. The third-order valence-electron chi connectivity index (χ3n) is 10.2. The maximum absolute atomic E-state index is 15.6. The second-order valence-electron chi connectivity index (χ2n) is 11.7. The Balaban J connectivity index is 1.53. The fraction of sp³-hybridized carbons (Fsp3) is 0.852. The fourth-order valence-corrected chi connectivity index (χ4v) is 8.66. The standard InChI is InChI=1S/C27H41FO4/c1-16(6-9-25(30)31-5)20-7-8-21-19-15-24(28)23-14-18(32-17(2)29)10-12-27(23,4)22(19)11-13-26(20,21)3/h16,18-22H,6-15H2,1-5H3. The summed E-state index contributed by atoms with van der Waals surface area (Å²) in [5.41, 5.74) is 1.08. The third kappa shape index (κ3) is 3.92. The van der Waals surface area contributed by atoms with Crippen molar-refractivity contribution in [2.24, 2.45) is 40.4 Å². The minimum Gasteiger partial charge on any atom is -0.469 e. The van der Waals surface area contributed by atoms with Crippen molar-refractivity contribution < 1.29 is 23.5 Å². The van der Waals surface area contributed by atoms with E-state index < -0.39 is 0 Å². The lowest BCUT2D eigenvalue weighted by molar-refractivity contribution is -0.149. The monoisotopic (exact) mass is 448 g/mol. The van der Waals surface area contributed by atoms with Crippen molar-refractivity contribution in [1.82, 2.24) is 0 Å². The van der Waals surface area contributed by atoms with Crippen LogP contribution in [-0.2, 0) is 19.1 Å². The number of rotatable bonds is 5. The van der Waals surface area contributed by atoms with Crippen LogP contribution in [0, 0.1) is 40.4 Å². The number of ether oxygens (including phenoxy) is 2. The van der Waals surface area contributed by atoms with Crippen LogP contribution in [-0.4, -0.2) is 25.2 Å². The number of fused-ring (bicyclic) bond motifs is 5. The number of esters is 2. The Bertz CT molecular complexity index is 791. The van der Waals surface area contributed by atoms with Crippen molar-refractivity contribution in [3.63, 3.8) is 0 Å². The van der Waals surface area contributed by atoms with E-state index >= 15 is 4.39 Å². The number of halogens is 1. The third-order valence-corrected chi connectivity index (χ3v) is 10.2. The highest BCUT2D eigenvalue weighted by Gasteiger charge is 2.60. The summed E-state index contributed by atoms with van der Waals surface area (Å²) in [4.78, 5) is 23.1. The zero-order valence-electron chi connectivity index (χ0n) is 20.5. The Kier molecular flexibility index (Phi) is 6.50. The molecule has 5 heteroatoms. The van der Waals surface area contributed by atoms with Crippen molar-refractivity contribution in [1.29, 1.82) is 0 Å². The lowest BCUT2D eigenvalue weighted by Crippen LogP contribution is -2.51. The van der Waals surface area contributed by atoms with E-state index in [4.69, 9.17) is 9.47 Å². The number of hydrogen-bond acceptors (Lipinski definition) is 4. The minimum absolute atomic E-state index is 0.0806. The Labute approximate surface area is 192 Å². The quantitative estimate of drug-likeness (QED) is 0.458. The molecule has 0 aromatic heterocycles. The highest BCUT2D eigenvalue weighted by molar-refractivity contribution is 5.69. The van der Waals surface area contributed by atoms with Gasteiger partial charge < -0.3 is 9.47 Å². The second kappa shape index (κ2) is 8.76. The van der Waals surface area contributed by atoms with Crippen LogP contribution in [0.1, 0.15) is 91.9 Å². The molecule has 8 unspecified atom stereocenters. The summed E-state index contributed by atoms with van der Waals surface area (Å²) in [5, 5.41) is 0. The first kappa shape index (κ1) is 23.8. The number of hydrogen-bond donors (Lipinski definition) is 0. The Morgan fingerprint density at radius 3 is 2.53 bits per heavy atom. The van der Waals surface area contributed by atoms with Gasteiger partial charge >= 0.3 is 11.9 Å². The molecule has 4 aliphatic carbocycles. The van der Waals surface area contributed by atoms with E-state index in [1.165, 1.54) is 33.3 Å². The summed E-state index contributed by atoms with van der Waals surface area (Å²) in [6.07, 6.45) is 8.81. The molecule has 32 heavy (non-hydrogen) atoms. The summed E-state index contributed by atoms with van der Waals surface area (Å²) in [6.45, 7) is 8.48. The minimum atomic E-state index is -0.264. The van der Waals surface area contributed by atoms with Crippen LogP contribution < -0.4 is 0 Å². The Morgan fingerprint density at radius 2 is 1.84 bits per heavy atom. The molecule has 3 saturated carbocycles. The molecule has 0 N–H and O–H groups in total. The van der Waals surface area contributed by atoms with Gasteiger partial charge in [-0.1, -0.05) is 20.8 Å². The fourth-order valence-electron chi connectivity index (χ4n) is 8.66. The van der Waals surface area contributed by atoms with Crippen molar-refractivity contribution in [2.45, 2.75) is 98.0 Å². The van der Waals surface area contributed by atoms with Crippen LogP contribution in [0.5, 0.6) is 0 Å². The highest BCUT2D eigenvalue weighted by atomic mass is 19.1. The molecule has 180 valence electrons. The Morgan fingerprint density at radius 1 is 1.09 bits per heavy atom. The van der Waals surface area contributed by atoms with E-state index in [9.17, 15) is 9.59 Å². The number of carbonyl (C=O) groups excluding carboxylic acids is 2. The second-order valence-corrected chi connectivity index (χ2v) is 11.7. The average molecular weight is 449 g/mol. The van der Waals surface area contributed by atoms with Crippen molar-refractivity contribution in [2.75, 3.05) is 7.11 Å². The van der Waals surface area contributed by atoms with Crippen LogP contribution in [0.25, 0.3) is 0 Å². The molecule has 0 amide bonds. The topological polar surface area (TPSA) is 52.6 Å². The zero-order valence-corrected chi connectivity index (χ0v) is 20.5. The Hall–Kier alpha value is -1.39. The average Bonchev–Trinajstić information content (AvgIpc) is 3.10.